The Kier molecular flexibility index (Phi) is 4.71. The van der Waals surface area contributed by atoms with Gasteiger partial charge < -0.3 is 5.32 Å². The summed E-state index contributed by atoms with van der Waals surface area (Å²) in [4.78, 5) is 12.7. The van der Waals surface area contributed by atoms with Crippen LogP contribution in [-0.2, 0) is 16.4 Å². The van der Waals surface area contributed by atoms with Crippen LogP contribution < -0.4 is 5.32 Å². The molecule has 0 bridgehead atoms. The van der Waals surface area contributed by atoms with Crippen LogP contribution in [0.15, 0.2) is 0 Å². The number of nitrogens with one attached hydrogen (secondary N) is 1. The van der Waals surface area contributed by atoms with Crippen molar-refractivity contribution < 1.29 is 13.2 Å². The number of carbonyl (C=O) groups excluding carboxylic acids is 1. The molecule has 1 aliphatic heterocycles. The van der Waals surface area contributed by atoms with E-state index in [0.717, 1.165) is 11.5 Å². The predicted molar refractivity (Wildman–Crippen MR) is 76.2 cm³/mol. The van der Waals surface area contributed by atoms with Crippen LogP contribution in [0.1, 0.15) is 35.1 Å². The Hall–Kier alpha value is -1.06. The van der Waals surface area contributed by atoms with Crippen LogP contribution in [0, 0.1) is 0 Å². The predicted octanol–water partition coefficient (Wildman–Crippen LogP) is 0.254. The average molecular weight is 318 g/mol. The van der Waals surface area contributed by atoms with Gasteiger partial charge in [0.1, 0.15) is 4.88 Å². The molecule has 2 heterocycles. The van der Waals surface area contributed by atoms with Gasteiger partial charge in [-0.15, -0.1) is 5.10 Å². The van der Waals surface area contributed by atoms with Gasteiger partial charge in [-0.2, -0.15) is 0 Å². The summed E-state index contributed by atoms with van der Waals surface area (Å²) in [7, 11) is -3.13. The third kappa shape index (κ3) is 3.53. The van der Waals surface area contributed by atoms with Gasteiger partial charge in [0, 0.05) is 19.1 Å². The highest BCUT2D eigenvalue weighted by Gasteiger charge is 2.26. The Balaban J connectivity index is 1.91. The maximum Gasteiger partial charge on any atom is 0.265 e. The molecule has 7 nitrogen and oxygen atoms in total. The van der Waals surface area contributed by atoms with Crippen molar-refractivity contribution in [2.24, 2.45) is 0 Å². The zero-order chi connectivity index (χ0) is 14.8. The van der Waals surface area contributed by atoms with Crippen LogP contribution in [0.25, 0.3) is 0 Å². The van der Waals surface area contributed by atoms with Crippen molar-refractivity contribution in [3.05, 3.63) is 10.6 Å². The van der Waals surface area contributed by atoms with Crippen molar-refractivity contribution >= 4 is 27.5 Å². The summed E-state index contributed by atoms with van der Waals surface area (Å²) in [6.45, 7) is 2.83. The number of nitrogens with zero attached hydrogens (tertiary/aromatic N) is 3. The van der Waals surface area contributed by atoms with Gasteiger partial charge in [0.15, 0.2) is 0 Å². The Morgan fingerprint density at radius 2 is 2.10 bits per heavy atom. The highest BCUT2D eigenvalue weighted by Crippen LogP contribution is 2.16. The van der Waals surface area contributed by atoms with Crippen LogP contribution in [0.4, 0.5) is 0 Å². The van der Waals surface area contributed by atoms with Gasteiger partial charge in [-0.1, -0.05) is 11.4 Å². The van der Waals surface area contributed by atoms with E-state index in [1.807, 2.05) is 6.92 Å². The lowest BCUT2D eigenvalue weighted by atomic mass is 10.1. The van der Waals surface area contributed by atoms with Gasteiger partial charge >= 0.3 is 0 Å². The number of piperidine rings is 1. The number of aryl methyl sites for hydroxylation is 1. The van der Waals surface area contributed by atoms with Gasteiger partial charge in [0.25, 0.3) is 5.91 Å². The zero-order valence-electron chi connectivity index (χ0n) is 11.5. The van der Waals surface area contributed by atoms with Gasteiger partial charge in [-0.05, 0) is 30.8 Å². The molecule has 20 heavy (non-hydrogen) atoms. The molecule has 1 aliphatic rings. The molecule has 0 unspecified atom stereocenters. The molecule has 1 saturated heterocycles. The first kappa shape index (κ1) is 15.3. The summed E-state index contributed by atoms with van der Waals surface area (Å²) >= 11 is 1.10. The van der Waals surface area contributed by atoms with E-state index in [9.17, 15) is 13.2 Å². The van der Waals surface area contributed by atoms with Gasteiger partial charge in [-0.3, -0.25) is 4.79 Å². The van der Waals surface area contributed by atoms with Crippen molar-refractivity contribution in [2.45, 2.75) is 32.2 Å². The fourth-order valence-electron chi connectivity index (χ4n) is 2.20. The highest BCUT2D eigenvalue weighted by molar-refractivity contribution is 7.88. The van der Waals surface area contributed by atoms with E-state index in [0.29, 0.717) is 42.9 Å². The molecule has 1 aromatic rings. The molecule has 0 atom stereocenters. The molecule has 0 aromatic carbocycles. The topological polar surface area (TPSA) is 92.3 Å². The Bertz CT molecular complexity index is 576. The molecule has 0 aliphatic carbocycles. The molecule has 1 fully saturated rings. The van der Waals surface area contributed by atoms with Crippen LogP contribution in [-0.4, -0.2) is 53.6 Å². The smallest absolute Gasteiger partial charge is 0.265 e. The molecule has 0 spiro atoms. The number of hydrogen-bond donors (Lipinski definition) is 1. The minimum atomic E-state index is -3.13. The lowest BCUT2D eigenvalue weighted by molar-refractivity contribution is 0.0927. The Labute approximate surface area is 122 Å². The molecule has 2 rings (SSSR count). The summed E-state index contributed by atoms with van der Waals surface area (Å²) < 4.78 is 28.1. The molecule has 1 N–H and O–H groups in total. The van der Waals surface area contributed by atoms with Crippen molar-refractivity contribution in [1.29, 1.82) is 0 Å². The summed E-state index contributed by atoms with van der Waals surface area (Å²) in [5.41, 5.74) is 0.709. The quantitative estimate of drug-likeness (QED) is 0.859. The van der Waals surface area contributed by atoms with E-state index in [1.165, 1.54) is 10.6 Å². The van der Waals surface area contributed by atoms with Crippen molar-refractivity contribution in [3.63, 3.8) is 0 Å². The van der Waals surface area contributed by atoms with Crippen molar-refractivity contribution in [2.75, 3.05) is 19.3 Å². The zero-order valence-corrected chi connectivity index (χ0v) is 13.1. The number of sulfonamides is 1. The lowest BCUT2D eigenvalue weighted by Gasteiger charge is -2.30. The normalized spacial score (nSPS) is 18.1. The maximum atomic E-state index is 12.1. The van der Waals surface area contributed by atoms with Crippen LogP contribution >= 0.6 is 11.5 Å². The molecule has 9 heteroatoms. The molecule has 0 saturated carbocycles. The first-order valence-corrected chi connectivity index (χ1v) is 9.11. The first-order valence-electron chi connectivity index (χ1n) is 6.49. The second-order valence-corrected chi connectivity index (χ2v) is 7.55. The largest absolute Gasteiger partial charge is 0.348 e. The van der Waals surface area contributed by atoms with Crippen LogP contribution in [0.2, 0.25) is 0 Å². The third-order valence-corrected chi connectivity index (χ3v) is 5.43. The standard InChI is InChI=1S/C11H18N4O3S2/c1-3-9-10(19-14-13-9)11(16)12-8-4-6-15(7-5-8)20(2,17)18/h8H,3-7H2,1-2H3,(H,12,16). The van der Waals surface area contributed by atoms with Crippen molar-refractivity contribution in [3.8, 4) is 0 Å². The minimum Gasteiger partial charge on any atom is -0.348 e. The fraction of sp³-hybridized carbons (Fsp3) is 0.727. The Morgan fingerprint density at radius 1 is 1.45 bits per heavy atom. The highest BCUT2D eigenvalue weighted by atomic mass is 32.2. The van der Waals surface area contributed by atoms with E-state index < -0.39 is 10.0 Å². The summed E-state index contributed by atoms with van der Waals surface area (Å²) in [6, 6.07) is 0.00676. The lowest BCUT2D eigenvalue weighted by Crippen LogP contribution is -2.46. The average Bonchev–Trinajstić information content (AvgIpc) is 2.86. The summed E-state index contributed by atoms with van der Waals surface area (Å²) in [5, 5.41) is 6.85. The van der Waals surface area contributed by atoms with Gasteiger partial charge in [0.2, 0.25) is 10.0 Å². The van der Waals surface area contributed by atoms with E-state index in [1.54, 1.807) is 0 Å². The molecular formula is C11H18N4O3S2. The molecule has 112 valence electrons. The second-order valence-electron chi connectivity index (χ2n) is 4.81. The second kappa shape index (κ2) is 6.15. The van der Waals surface area contributed by atoms with Crippen LogP contribution in [0.5, 0.6) is 0 Å². The fourth-order valence-corrected chi connectivity index (χ4v) is 3.72. The van der Waals surface area contributed by atoms with E-state index in [-0.39, 0.29) is 11.9 Å². The van der Waals surface area contributed by atoms with Gasteiger partial charge in [0.05, 0.1) is 11.9 Å². The maximum absolute atomic E-state index is 12.1. The monoisotopic (exact) mass is 318 g/mol. The molecule has 1 aromatic heterocycles. The first-order chi connectivity index (χ1) is 9.41. The molecule has 0 radical (unpaired) electrons. The van der Waals surface area contributed by atoms with E-state index in [4.69, 9.17) is 0 Å². The SMILES string of the molecule is CCc1nnsc1C(=O)NC1CCN(S(C)(=O)=O)CC1. The number of aromatic nitrogens is 2. The third-order valence-electron chi connectivity index (χ3n) is 3.36. The minimum absolute atomic E-state index is 0.00676. The van der Waals surface area contributed by atoms with E-state index >= 15 is 0 Å². The number of rotatable bonds is 4. The molecule has 1 amide bonds. The summed E-state index contributed by atoms with van der Waals surface area (Å²) in [5.74, 6) is -0.158. The molecular weight excluding hydrogens is 300 g/mol. The van der Waals surface area contributed by atoms with E-state index in [2.05, 4.69) is 14.9 Å². The number of hydrogen-bond acceptors (Lipinski definition) is 6. The van der Waals surface area contributed by atoms with Crippen molar-refractivity contribution in [1.82, 2.24) is 19.2 Å². The van der Waals surface area contributed by atoms with Crippen LogP contribution in [0.3, 0.4) is 0 Å². The summed E-state index contributed by atoms with van der Waals surface area (Å²) in [6.07, 6.45) is 3.15. The number of amides is 1. The Morgan fingerprint density at radius 3 is 2.65 bits per heavy atom. The van der Waals surface area contributed by atoms with Gasteiger partial charge in [-0.25, -0.2) is 12.7 Å². The number of carbonyl (C=O) groups is 1.